The van der Waals surface area contributed by atoms with E-state index < -0.39 is 30.7 Å². The number of hydrazone groups is 1. The van der Waals surface area contributed by atoms with Crippen molar-refractivity contribution in [3.8, 4) is 11.5 Å². The number of para-hydroxylation sites is 1. The number of rotatable bonds is 9. The number of halogens is 7. The Bertz CT molecular complexity index is 708. The second-order valence-corrected chi connectivity index (χ2v) is 4.99. The predicted molar refractivity (Wildman–Crippen MR) is 81.8 cm³/mol. The zero-order valence-corrected chi connectivity index (χ0v) is 14.4. The minimum Gasteiger partial charge on any atom is -0.493 e. The second-order valence-electron chi connectivity index (χ2n) is 4.99. The molecule has 0 unspecified atom stereocenters. The van der Waals surface area contributed by atoms with Crippen LogP contribution in [0.3, 0.4) is 0 Å². The maximum Gasteiger partial charge on any atom is 0.462 e. The van der Waals surface area contributed by atoms with Crippen LogP contribution in [0.4, 0.5) is 30.7 Å². The zero-order chi connectivity index (χ0) is 21.6. The third-order valence-electron chi connectivity index (χ3n) is 3.03. The molecule has 0 radical (unpaired) electrons. The molecular weight excluding hydrogens is 405 g/mol. The molecule has 0 saturated heterocycles. The van der Waals surface area contributed by atoms with Crippen molar-refractivity contribution in [2.75, 3.05) is 20.3 Å². The lowest BCUT2D eigenvalue weighted by atomic mass is 10.2. The number of nitrogens with zero attached hydrogens (tertiary/aromatic N) is 1. The van der Waals surface area contributed by atoms with Crippen molar-refractivity contribution >= 4 is 12.2 Å². The lowest BCUT2D eigenvalue weighted by molar-refractivity contribution is -0.361. The molecule has 0 aliphatic carbocycles. The fraction of sp³-hybridized carbons (Fsp3) is 0.467. The smallest absolute Gasteiger partial charge is 0.462 e. The Morgan fingerprint density at radius 3 is 2.36 bits per heavy atom. The summed E-state index contributed by atoms with van der Waals surface area (Å²) in [6.45, 7) is 1.00. The van der Waals surface area contributed by atoms with E-state index in [0.29, 0.717) is 11.6 Å². The average molecular weight is 420 g/mol. The molecule has 6 nitrogen and oxygen atoms in total. The van der Waals surface area contributed by atoms with Gasteiger partial charge in [0.25, 0.3) is 0 Å². The quantitative estimate of drug-likeness (QED) is 0.218. The standard InChI is InChI=1S/C15H15F7N2O4/c1-3-27-11(25)8-28-12-9(5-4-6-10(12)26-2)7-23-24-15(21,22)13(16,17)14(18,19)20/h4-7,24H,3,8H2,1-2H3/b23-7-. The SMILES string of the molecule is CCOC(=O)COc1c(/C=N\NC(F)(F)C(F)(F)C(F)(F)F)cccc1OC. The maximum atomic E-state index is 13.2. The summed E-state index contributed by atoms with van der Waals surface area (Å²) >= 11 is 0. The summed E-state index contributed by atoms with van der Waals surface area (Å²) in [5.41, 5.74) is 0.332. The van der Waals surface area contributed by atoms with Crippen molar-refractivity contribution in [3.63, 3.8) is 0 Å². The molecule has 0 atom stereocenters. The van der Waals surface area contributed by atoms with E-state index in [1.54, 1.807) is 6.92 Å². The monoisotopic (exact) mass is 420 g/mol. The van der Waals surface area contributed by atoms with Gasteiger partial charge in [-0.2, -0.15) is 35.8 Å². The molecule has 0 amide bonds. The lowest BCUT2D eigenvalue weighted by Crippen LogP contribution is -2.58. The number of carbonyl (C=O) groups excluding carboxylic acids is 1. The minimum atomic E-state index is -6.50. The van der Waals surface area contributed by atoms with Crippen molar-refractivity contribution in [2.45, 2.75) is 25.1 Å². The second kappa shape index (κ2) is 8.97. The molecule has 0 heterocycles. The molecule has 0 bridgehead atoms. The Morgan fingerprint density at radius 2 is 1.82 bits per heavy atom. The molecule has 0 saturated carbocycles. The van der Waals surface area contributed by atoms with E-state index in [1.807, 2.05) is 0 Å². The number of carbonyl (C=O) groups is 1. The van der Waals surface area contributed by atoms with E-state index in [9.17, 15) is 35.5 Å². The van der Waals surface area contributed by atoms with Crippen LogP contribution in [-0.2, 0) is 9.53 Å². The fourth-order valence-corrected chi connectivity index (χ4v) is 1.71. The Labute approximate surface area is 154 Å². The summed E-state index contributed by atoms with van der Waals surface area (Å²) in [6.07, 6.45) is -5.99. The van der Waals surface area contributed by atoms with Crippen LogP contribution in [0.25, 0.3) is 0 Å². The third-order valence-corrected chi connectivity index (χ3v) is 3.03. The van der Waals surface area contributed by atoms with Crippen LogP contribution in [0, 0.1) is 0 Å². The van der Waals surface area contributed by atoms with Gasteiger partial charge >= 0.3 is 24.1 Å². The van der Waals surface area contributed by atoms with Crippen molar-refractivity contribution in [2.24, 2.45) is 5.10 Å². The summed E-state index contributed by atoms with van der Waals surface area (Å²) in [4.78, 5) is 11.4. The van der Waals surface area contributed by atoms with Gasteiger partial charge in [-0.1, -0.05) is 6.07 Å². The Kier molecular flexibility index (Phi) is 7.47. The zero-order valence-electron chi connectivity index (χ0n) is 14.4. The molecule has 0 aliphatic rings. The van der Waals surface area contributed by atoms with E-state index in [4.69, 9.17) is 9.47 Å². The van der Waals surface area contributed by atoms with Gasteiger partial charge in [0.1, 0.15) is 0 Å². The van der Waals surface area contributed by atoms with Gasteiger partial charge in [-0.15, -0.1) is 0 Å². The molecule has 1 aromatic rings. The van der Waals surface area contributed by atoms with Crippen molar-refractivity contribution < 1.29 is 49.7 Å². The van der Waals surface area contributed by atoms with E-state index in [2.05, 4.69) is 9.84 Å². The molecule has 0 spiro atoms. The number of ether oxygens (including phenoxy) is 3. The summed E-state index contributed by atoms with van der Waals surface area (Å²) in [6, 6.07) is -1.82. The number of benzene rings is 1. The number of hydrogen-bond donors (Lipinski definition) is 1. The van der Waals surface area contributed by atoms with Gasteiger partial charge in [-0.25, -0.2) is 10.2 Å². The average Bonchev–Trinajstić information content (AvgIpc) is 2.59. The van der Waals surface area contributed by atoms with Crippen LogP contribution in [0.2, 0.25) is 0 Å². The molecule has 0 aromatic heterocycles. The summed E-state index contributed by atoms with van der Waals surface area (Å²) in [5.74, 6) is -7.32. The van der Waals surface area contributed by atoms with Crippen molar-refractivity contribution in [1.29, 1.82) is 0 Å². The summed E-state index contributed by atoms with van der Waals surface area (Å²) in [5, 5.41) is 2.74. The van der Waals surface area contributed by atoms with Gasteiger partial charge < -0.3 is 14.2 Å². The molecule has 13 heteroatoms. The predicted octanol–water partition coefficient (Wildman–Crippen LogP) is 3.35. The highest BCUT2D eigenvalue weighted by Gasteiger charge is 2.73. The Balaban J connectivity index is 3.03. The van der Waals surface area contributed by atoms with Gasteiger partial charge in [-0.3, -0.25) is 0 Å². The largest absolute Gasteiger partial charge is 0.493 e. The molecule has 1 rings (SSSR count). The first-order valence-corrected chi connectivity index (χ1v) is 7.45. The van der Waals surface area contributed by atoms with E-state index in [1.165, 1.54) is 25.3 Å². The van der Waals surface area contributed by atoms with Gasteiger partial charge in [0, 0.05) is 5.56 Å². The van der Waals surface area contributed by atoms with Crippen LogP contribution in [-0.4, -0.2) is 50.7 Å². The van der Waals surface area contributed by atoms with Gasteiger partial charge in [-0.05, 0) is 19.1 Å². The van der Waals surface area contributed by atoms with Crippen LogP contribution >= 0.6 is 0 Å². The number of esters is 1. The van der Waals surface area contributed by atoms with E-state index >= 15 is 0 Å². The first-order valence-electron chi connectivity index (χ1n) is 7.45. The van der Waals surface area contributed by atoms with E-state index in [0.717, 1.165) is 0 Å². The van der Waals surface area contributed by atoms with Crippen molar-refractivity contribution in [1.82, 2.24) is 5.43 Å². The van der Waals surface area contributed by atoms with Gasteiger partial charge in [0.05, 0.1) is 19.9 Å². The topological polar surface area (TPSA) is 69.2 Å². The lowest BCUT2D eigenvalue weighted by Gasteiger charge is -2.27. The first-order chi connectivity index (χ1) is 12.9. The molecule has 0 fully saturated rings. The number of methoxy groups -OCH3 is 1. The molecule has 0 aliphatic heterocycles. The normalized spacial score (nSPS) is 12.8. The minimum absolute atomic E-state index is 0.0145. The van der Waals surface area contributed by atoms with Crippen LogP contribution in [0.1, 0.15) is 12.5 Å². The molecular formula is C15H15F7N2O4. The molecule has 28 heavy (non-hydrogen) atoms. The number of alkyl halides is 7. The number of nitrogens with one attached hydrogen (secondary N) is 1. The van der Waals surface area contributed by atoms with Gasteiger partial charge in [0.2, 0.25) is 0 Å². The Morgan fingerprint density at radius 1 is 1.18 bits per heavy atom. The first kappa shape index (κ1) is 23.3. The summed E-state index contributed by atoms with van der Waals surface area (Å²) in [7, 11) is 1.21. The van der Waals surface area contributed by atoms with Gasteiger partial charge in [0.15, 0.2) is 18.1 Å². The molecule has 158 valence electrons. The van der Waals surface area contributed by atoms with Crippen LogP contribution in [0.15, 0.2) is 23.3 Å². The third kappa shape index (κ3) is 5.39. The maximum absolute atomic E-state index is 13.2. The molecule has 1 aromatic carbocycles. The highest BCUT2D eigenvalue weighted by Crippen LogP contribution is 2.45. The Hall–Kier alpha value is -2.73. The fourth-order valence-electron chi connectivity index (χ4n) is 1.71. The van der Waals surface area contributed by atoms with E-state index in [-0.39, 0.29) is 23.7 Å². The summed E-state index contributed by atoms with van der Waals surface area (Å²) < 4.78 is 103. The molecule has 1 N–H and O–H groups in total. The highest BCUT2D eigenvalue weighted by molar-refractivity contribution is 5.85. The van der Waals surface area contributed by atoms with Crippen LogP contribution < -0.4 is 14.9 Å². The van der Waals surface area contributed by atoms with Crippen LogP contribution in [0.5, 0.6) is 11.5 Å². The number of hydrogen-bond acceptors (Lipinski definition) is 6. The highest BCUT2D eigenvalue weighted by atomic mass is 19.4. The van der Waals surface area contributed by atoms with Crippen molar-refractivity contribution in [3.05, 3.63) is 23.8 Å².